The van der Waals surface area contributed by atoms with Crippen molar-refractivity contribution in [3.63, 3.8) is 0 Å². The Kier molecular flexibility index (Phi) is 3.51. The molecule has 0 radical (unpaired) electrons. The maximum Gasteiger partial charge on any atom is 0.194 e. The Morgan fingerprint density at radius 3 is 2.24 bits per heavy atom. The highest BCUT2D eigenvalue weighted by molar-refractivity contribution is 6.37. The third-order valence-corrected chi connectivity index (χ3v) is 3.04. The normalized spacial score (nSPS) is 10.3. The molecule has 0 aliphatic carbocycles. The van der Waals surface area contributed by atoms with Crippen LogP contribution in [-0.4, -0.2) is 5.78 Å². The Balaban J connectivity index is 2.40. The molecular weight excluding hydrogens is 255 g/mol. The molecule has 1 nitrogen and oxygen atoms in total. The molecule has 17 heavy (non-hydrogen) atoms. The maximum absolute atomic E-state index is 12.2. The van der Waals surface area contributed by atoms with Gasteiger partial charge in [0.15, 0.2) is 5.78 Å². The molecule has 3 heteroatoms. The van der Waals surface area contributed by atoms with E-state index < -0.39 is 0 Å². The van der Waals surface area contributed by atoms with Crippen molar-refractivity contribution in [1.82, 2.24) is 0 Å². The van der Waals surface area contributed by atoms with Gasteiger partial charge in [0.25, 0.3) is 0 Å². The Bertz CT molecular complexity index is 559. The van der Waals surface area contributed by atoms with E-state index in [2.05, 4.69) is 0 Å². The zero-order chi connectivity index (χ0) is 12.4. The lowest BCUT2D eigenvalue weighted by Crippen LogP contribution is -2.01. The second-order valence-electron chi connectivity index (χ2n) is 3.82. The van der Waals surface area contributed by atoms with Crippen LogP contribution in [0.15, 0.2) is 42.5 Å². The predicted octanol–water partition coefficient (Wildman–Crippen LogP) is 4.53. The van der Waals surface area contributed by atoms with Gasteiger partial charge >= 0.3 is 0 Å². The lowest BCUT2D eigenvalue weighted by Gasteiger charge is -2.04. The van der Waals surface area contributed by atoms with Gasteiger partial charge in [0.05, 0.1) is 5.02 Å². The van der Waals surface area contributed by atoms with Crippen molar-refractivity contribution in [1.29, 1.82) is 0 Å². The lowest BCUT2D eigenvalue weighted by atomic mass is 10.0. The van der Waals surface area contributed by atoms with Gasteiger partial charge in [-0.3, -0.25) is 4.79 Å². The van der Waals surface area contributed by atoms with Crippen LogP contribution in [0.2, 0.25) is 10.0 Å². The van der Waals surface area contributed by atoms with Crippen LogP contribution in [0.25, 0.3) is 0 Å². The number of aryl methyl sites for hydroxylation is 1. The zero-order valence-corrected chi connectivity index (χ0v) is 10.7. The number of rotatable bonds is 2. The highest BCUT2D eigenvalue weighted by Gasteiger charge is 2.12. The standard InChI is InChI=1S/C14H10Cl2O/c1-9-2-4-10(5-3-9)14(17)12-7-6-11(15)8-13(12)16/h2-8H,1H3. The van der Waals surface area contributed by atoms with E-state index in [1.165, 1.54) is 0 Å². The van der Waals surface area contributed by atoms with Crippen LogP contribution >= 0.6 is 23.2 Å². The Hall–Kier alpha value is -1.31. The molecule has 0 aliphatic heterocycles. The minimum Gasteiger partial charge on any atom is -0.289 e. The average Bonchev–Trinajstić information content (AvgIpc) is 2.29. The van der Waals surface area contributed by atoms with E-state index in [0.29, 0.717) is 21.2 Å². The molecule has 0 aromatic heterocycles. The van der Waals surface area contributed by atoms with Crippen molar-refractivity contribution >= 4 is 29.0 Å². The van der Waals surface area contributed by atoms with Crippen molar-refractivity contribution in [2.24, 2.45) is 0 Å². The molecule has 2 rings (SSSR count). The van der Waals surface area contributed by atoms with E-state index in [1.807, 2.05) is 19.1 Å². The quantitative estimate of drug-likeness (QED) is 0.729. The molecular formula is C14H10Cl2O. The fourth-order valence-corrected chi connectivity index (χ4v) is 2.03. The number of carbonyl (C=O) groups excluding carboxylic acids is 1. The predicted molar refractivity (Wildman–Crippen MR) is 71.1 cm³/mol. The number of hydrogen-bond acceptors (Lipinski definition) is 1. The third kappa shape index (κ3) is 2.68. The van der Waals surface area contributed by atoms with Crippen LogP contribution in [0.3, 0.4) is 0 Å². The van der Waals surface area contributed by atoms with Gasteiger partial charge < -0.3 is 0 Å². The first-order valence-corrected chi connectivity index (χ1v) is 5.90. The Labute approximate surface area is 110 Å². The van der Waals surface area contributed by atoms with E-state index in [9.17, 15) is 4.79 Å². The van der Waals surface area contributed by atoms with Crippen LogP contribution in [0, 0.1) is 6.92 Å². The first-order chi connectivity index (χ1) is 8.08. The molecule has 0 saturated carbocycles. The summed E-state index contributed by atoms with van der Waals surface area (Å²) in [5.74, 6) is -0.0910. The van der Waals surface area contributed by atoms with Crippen LogP contribution < -0.4 is 0 Å². The molecule has 0 unspecified atom stereocenters. The van der Waals surface area contributed by atoms with Gasteiger partial charge in [-0.15, -0.1) is 0 Å². The van der Waals surface area contributed by atoms with E-state index in [0.717, 1.165) is 5.56 Å². The number of carbonyl (C=O) groups is 1. The second-order valence-corrected chi connectivity index (χ2v) is 4.66. The minimum atomic E-state index is -0.0910. The van der Waals surface area contributed by atoms with Crippen LogP contribution in [0.1, 0.15) is 21.5 Å². The van der Waals surface area contributed by atoms with Gasteiger partial charge in [-0.25, -0.2) is 0 Å². The highest BCUT2D eigenvalue weighted by atomic mass is 35.5. The van der Waals surface area contributed by atoms with Crippen molar-refractivity contribution in [3.8, 4) is 0 Å². The number of benzene rings is 2. The summed E-state index contributed by atoms with van der Waals surface area (Å²) < 4.78 is 0. The van der Waals surface area contributed by atoms with Gasteiger partial charge in [-0.1, -0.05) is 53.0 Å². The molecule has 0 fully saturated rings. The summed E-state index contributed by atoms with van der Waals surface area (Å²) in [7, 11) is 0. The van der Waals surface area contributed by atoms with Crippen molar-refractivity contribution in [2.45, 2.75) is 6.92 Å². The third-order valence-electron chi connectivity index (χ3n) is 2.49. The Morgan fingerprint density at radius 2 is 1.65 bits per heavy atom. The van der Waals surface area contributed by atoms with E-state index >= 15 is 0 Å². The van der Waals surface area contributed by atoms with Crippen molar-refractivity contribution < 1.29 is 4.79 Å². The van der Waals surface area contributed by atoms with Gasteiger partial charge in [0.2, 0.25) is 0 Å². The molecule has 0 saturated heterocycles. The summed E-state index contributed by atoms with van der Waals surface area (Å²) in [5, 5.41) is 0.901. The topological polar surface area (TPSA) is 17.1 Å². The minimum absolute atomic E-state index is 0.0910. The van der Waals surface area contributed by atoms with E-state index in [4.69, 9.17) is 23.2 Å². The van der Waals surface area contributed by atoms with Crippen molar-refractivity contribution in [3.05, 3.63) is 69.2 Å². The van der Waals surface area contributed by atoms with Crippen molar-refractivity contribution in [2.75, 3.05) is 0 Å². The summed E-state index contributed by atoms with van der Waals surface area (Å²) in [4.78, 5) is 12.2. The molecule has 2 aromatic carbocycles. The van der Waals surface area contributed by atoms with E-state index in [1.54, 1.807) is 30.3 Å². The summed E-state index contributed by atoms with van der Waals surface area (Å²) >= 11 is 11.8. The SMILES string of the molecule is Cc1ccc(C(=O)c2ccc(Cl)cc2Cl)cc1. The Morgan fingerprint density at radius 1 is 1.00 bits per heavy atom. The van der Waals surface area contributed by atoms with E-state index in [-0.39, 0.29) is 5.78 Å². The molecule has 0 aliphatic rings. The van der Waals surface area contributed by atoms with Crippen LogP contribution in [0.4, 0.5) is 0 Å². The maximum atomic E-state index is 12.2. The molecule has 0 bridgehead atoms. The number of halogens is 2. The number of ketones is 1. The number of hydrogen-bond donors (Lipinski definition) is 0. The first kappa shape index (κ1) is 12.2. The van der Waals surface area contributed by atoms with Gasteiger partial charge in [-0.05, 0) is 25.1 Å². The molecule has 0 heterocycles. The monoisotopic (exact) mass is 264 g/mol. The van der Waals surface area contributed by atoms with Gasteiger partial charge in [0, 0.05) is 16.1 Å². The summed E-state index contributed by atoms with van der Waals surface area (Å²) in [6.45, 7) is 1.98. The molecule has 0 atom stereocenters. The second kappa shape index (κ2) is 4.91. The average molecular weight is 265 g/mol. The molecule has 0 N–H and O–H groups in total. The summed E-state index contributed by atoms with van der Waals surface area (Å²) in [6.07, 6.45) is 0. The molecule has 0 spiro atoms. The van der Waals surface area contributed by atoms with Gasteiger partial charge in [0.1, 0.15) is 0 Å². The fraction of sp³-hybridized carbons (Fsp3) is 0.0714. The van der Waals surface area contributed by atoms with Crippen LogP contribution in [0.5, 0.6) is 0 Å². The van der Waals surface area contributed by atoms with Gasteiger partial charge in [-0.2, -0.15) is 0 Å². The molecule has 2 aromatic rings. The largest absolute Gasteiger partial charge is 0.289 e. The smallest absolute Gasteiger partial charge is 0.194 e. The molecule has 86 valence electrons. The molecule has 0 amide bonds. The fourth-order valence-electron chi connectivity index (χ4n) is 1.53. The zero-order valence-electron chi connectivity index (χ0n) is 9.21. The summed E-state index contributed by atoms with van der Waals surface area (Å²) in [6, 6.07) is 12.3. The lowest BCUT2D eigenvalue weighted by molar-refractivity contribution is 0.103. The van der Waals surface area contributed by atoms with Crippen LogP contribution in [-0.2, 0) is 0 Å². The first-order valence-electron chi connectivity index (χ1n) is 5.14. The summed E-state index contributed by atoms with van der Waals surface area (Å²) in [5.41, 5.74) is 2.21. The highest BCUT2D eigenvalue weighted by Crippen LogP contribution is 2.23.